The molecule has 0 saturated heterocycles. The van der Waals surface area contributed by atoms with Crippen LogP contribution in [0, 0.1) is 5.82 Å². The average molecular weight is 275 g/mol. The summed E-state index contributed by atoms with van der Waals surface area (Å²) in [5.41, 5.74) is 0.930. The number of fused-ring (bicyclic) bond motifs is 1. The van der Waals surface area contributed by atoms with Gasteiger partial charge in [-0.3, -0.25) is 0 Å². The van der Waals surface area contributed by atoms with Crippen molar-refractivity contribution in [2.45, 2.75) is 25.4 Å². The summed E-state index contributed by atoms with van der Waals surface area (Å²) in [4.78, 5) is 4.01. The Labute approximate surface area is 117 Å². The van der Waals surface area contributed by atoms with Crippen LogP contribution < -0.4 is 10.1 Å². The lowest BCUT2D eigenvalue weighted by atomic mass is 10.0. The molecule has 2 heterocycles. The molecule has 2 aromatic rings. The first-order valence-corrected chi connectivity index (χ1v) is 6.95. The quantitative estimate of drug-likeness (QED) is 0.852. The number of nitrogens with zero attached hydrogens (tertiary/aromatic N) is 2. The minimum atomic E-state index is -0.271. The van der Waals surface area contributed by atoms with E-state index < -0.39 is 0 Å². The predicted molar refractivity (Wildman–Crippen MR) is 74.1 cm³/mol. The number of aromatic nitrogens is 2. The maximum Gasteiger partial charge on any atom is 0.165 e. The van der Waals surface area contributed by atoms with Gasteiger partial charge in [-0.25, -0.2) is 9.37 Å². The van der Waals surface area contributed by atoms with E-state index in [0.29, 0.717) is 12.4 Å². The van der Waals surface area contributed by atoms with E-state index in [1.807, 2.05) is 18.6 Å². The maximum absolute atomic E-state index is 13.7. The Balaban J connectivity index is 1.55. The molecule has 20 heavy (non-hydrogen) atoms. The number of imidazole rings is 1. The van der Waals surface area contributed by atoms with Crippen molar-refractivity contribution in [2.24, 2.45) is 0 Å². The van der Waals surface area contributed by atoms with Gasteiger partial charge < -0.3 is 14.6 Å². The molecule has 1 atom stereocenters. The van der Waals surface area contributed by atoms with Crippen LogP contribution in [-0.4, -0.2) is 22.7 Å². The van der Waals surface area contributed by atoms with Crippen molar-refractivity contribution in [1.82, 2.24) is 14.9 Å². The molecule has 0 radical (unpaired) electrons. The highest BCUT2D eigenvalue weighted by molar-refractivity contribution is 5.38. The zero-order chi connectivity index (χ0) is 13.8. The standard InChI is InChI=1S/C15H18FN3O/c16-13-4-1-3-12-14(5-10-20-15(12)13)18-6-2-8-19-9-7-17-11-19/h1,3-4,7,9,11,14,18H,2,5-6,8,10H2. The van der Waals surface area contributed by atoms with Gasteiger partial charge in [-0.05, 0) is 19.0 Å². The minimum absolute atomic E-state index is 0.178. The van der Waals surface area contributed by atoms with Gasteiger partial charge in [-0.1, -0.05) is 12.1 Å². The van der Waals surface area contributed by atoms with Gasteiger partial charge in [0.05, 0.1) is 12.9 Å². The Morgan fingerprint density at radius 1 is 1.45 bits per heavy atom. The summed E-state index contributed by atoms with van der Waals surface area (Å²) in [6.07, 6.45) is 7.45. The van der Waals surface area contributed by atoms with Crippen LogP contribution in [0.2, 0.25) is 0 Å². The Hall–Kier alpha value is -1.88. The zero-order valence-corrected chi connectivity index (χ0v) is 11.3. The molecule has 5 heteroatoms. The second-order valence-corrected chi connectivity index (χ2v) is 4.96. The van der Waals surface area contributed by atoms with Crippen LogP contribution in [0.15, 0.2) is 36.9 Å². The van der Waals surface area contributed by atoms with Gasteiger partial charge in [0.25, 0.3) is 0 Å². The van der Waals surface area contributed by atoms with E-state index in [0.717, 1.165) is 31.5 Å². The van der Waals surface area contributed by atoms with Crippen LogP contribution in [0.5, 0.6) is 5.75 Å². The van der Waals surface area contributed by atoms with Crippen molar-refractivity contribution in [1.29, 1.82) is 0 Å². The Morgan fingerprint density at radius 2 is 2.40 bits per heavy atom. The monoisotopic (exact) mass is 275 g/mol. The van der Waals surface area contributed by atoms with Gasteiger partial charge in [0.1, 0.15) is 0 Å². The van der Waals surface area contributed by atoms with Crippen LogP contribution in [0.1, 0.15) is 24.4 Å². The molecule has 106 valence electrons. The van der Waals surface area contributed by atoms with Crippen molar-refractivity contribution >= 4 is 0 Å². The van der Waals surface area contributed by atoms with Crippen molar-refractivity contribution in [3.8, 4) is 5.75 Å². The molecule has 0 fully saturated rings. The van der Waals surface area contributed by atoms with E-state index >= 15 is 0 Å². The second-order valence-electron chi connectivity index (χ2n) is 4.96. The van der Waals surface area contributed by atoms with Gasteiger partial charge in [-0.15, -0.1) is 0 Å². The second kappa shape index (κ2) is 6.05. The molecule has 1 N–H and O–H groups in total. The molecule has 0 spiro atoms. The molecular weight excluding hydrogens is 257 g/mol. The van der Waals surface area contributed by atoms with E-state index in [-0.39, 0.29) is 11.9 Å². The van der Waals surface area contributed by atoms with Gasteiger partial charge >= 0.3 is 0 Å². The normalized spacial score (nSPS) is 17.6. The van der Waals surface area contributed by atoms with Gasteiger partial charge in [0, 0.05) is 37.0 Å². The molecule has 1 aliphatic rings. The topological polar surface area (TPSA) is 39.1 Å². The molecule has 0 saturated carbocycles. The summed E-state index contributed by atoms with van der Waals surface area (Å²) in [5.74, 6) is 0.137. The zero-order valence-electron chi connectivity index (χ0n) is 11.3. The molecule has 3 rings (SSSR count). The summed E-state index contributed by atoms with van der Waals surface area (Å²) >= 11 is 0. The molecule has 1 aromatic heterocycles. The number of ether oxygens (including phenoxy) is 1. The Kier molecular flexibility index (Phi) is 3.97. The number of halogens is 1. The first-order valence-electron chi connectivity index (χ1n) is 6.95. The van der Waals surface area contributed by atoms with Crippen LogP contribution >= 0.6 is 0 Å². The van der Waals surface area contributed by atoms with Gasteiger partial charge in [-0.2, -0.15) is 0 Å². The Morgan fingerprint density at radius 3 is 3.25 bits per heavy atom. The lowest BCUT2D eigenvalue weighted by Crippen LogP contribution is -2.28. The van der Waals surface area contributed by atoms with Crippen LogP contribution in [-0.2, 0) is 6.54 Å². The van der Waals surface area contributed by atoms with E-state index in [1.54, 1.807) is 12.3 Å². The highest BCUT2D eigenvalue weighted by Crippen LogP contribution is 2.33. The Bertz CT molecular complexity index is 556. The average Bonchev–Trinajstić information content (AvgIpc) is 2.98. The summed E-state index contributed by atoms with van der Waals surface area (Å²) in [7, 11) is 0. The van der Waals surface area contributed by atoms with Crippen molar-refractivity contribution in [3.63, 3.8) is 0 Å². The first kappa shape index (κ1) is 13.1. The number of hydrogen-bond acceptors (Lipinski definition) is 3. The lowest BCUT2D eigenvalue weighted by Gasteiger charge is -2.27. The third-order valence-corrected chi connectivity index (χ3v) is 3.57. The lowest BCUT2D eigenvalue weighted by molar-refractivity contribution is 0.240. The molecule has 1 unspecified atom stereocenters. The third kappa shape index (κ3) is 2.82. The van der Waals surface area contributed by atoms with Crippen LogP contribution in [0.3, 0.4) is 0 Å². The van der Waals surface area contributed by atoms with Crippen molar-refractivity contribution < 1.29 is 9.13 Å². The number of hydrogen-bond donors (Lipinski definition) is 1. The van der Waals surface area contributed by atoms with E-state index in [2.05, 4.69) is 14.9 Å². The number of rotatable bonds is 5. The molecule has 1 aliphatic heterocycles. The minimum Gasteiger partial charge on any atom is -0.490 e. The van der Waals surface area contributed by atoms with Crippen molar-refractivity contribution in [3.05, 3.63) is 48.3 Å². The van der Waals surface area contributed by atoms with E-state index in [1.165, 1.54) is 6.07 Å². The SMILES string of the molecule is Fc1cccc2c1OCCC2NCCCn1ccnc1. The van der Waals surface area contributed by atoms with Crippen molar-refractivity contribution in [2.75, 3.05) is 13.2 Å². The predicted octanol–water partition coefficient (Wildman–Crippen LogP) is 2.53. The molecule has 1 aromatic carbocycles. The summed E-state index contributed by atoms with van der Waals surface area (Å²) in [6, 6.07) is 5.30. The molecule has 0 bridgehead atoms. The van der Waals surface area contributed by atoms with Crippen LogP contribution in [0.4, 0.5) is 4.39 Å². The molecular formula is C15H18FN3O. The number of nitrogens with one attached hydrogen (secondary N) is 1. The molecule has 0 amide bonds. The van der Waals surface area contributed by atoms with E-state index in [4.69, 9.17) is 4.74 Å². The fourth-order valence-corrected chi connectivity index (χ4v) is 2.56. The highest BCUT2D eigenvalue weighted by atomic mass is 19.1. The number of para-hydroxylation sites is 1. The highest BCUT2D eigenvalue weighted by Gasteiger charge is 2.23. The number of aryl methyl sites for hydroxylation is 1. The van der Waals surface area contributed by atoms with Gasteiger partial charge in [0.2, 0.25) is 0 Å². The van der Waals surface area contributed by atoms with Gasteiger partial charge in [0.15, 0.2) is 11.6 Å². The maximum atomic E-state index is 13.7. The third-order valence-electron chi connectivity index (χ3n) is 3.57. The summed E-state index contributed by atoms with van der Waals surface area (Å²) < 4.78 is 21.1. The van der Waals surface area contributed by atoms with E-state index in [9.17, 15) is 4.39 Å². The molecule has 4 nitrogen and oxygen atoms in total. The van der Waals surface area contributed by atoms with Crippen LogP contribution in [0.25, 0.3) is 0 Å². The fourth-order valence-electron chi connectivity index (χ4n) is 2.56. The largest absolute Gasteiger partial charge is 0.490 e. The first-order chi connectivity index (χ1) is 9.84. The number of benzene rings is 1. The smallest absolute Gasteiger partial charge is 0.165 e. The fraction of sp³-hybridized carbons (Fsp3) is 0.400. The summed E-state index contributed by atoms with van der Waals surface area (Å²) in [5, 5.41) is 3.49. The summed E-state index contributed by atoms with van der Waals surface area (Å²) in [6.45, 7) is 2.39. The molecule has 0 aliphatic carbocycles.